The Kier molecular flexibility index (Phi) is 3.76. The van der Waals surface area contributed by atoms with Crippen LogP contribution in [0.2, 0.25) is 0 Å². The summed E-state index contributed by atoms with van der Waals surface area (Å²) >= 11 is 3.40. The fraction of sp³-hybridized carbons (Fsp3) is 0.0714. The van der Waals surface area contributed by atoms with Gasteiger partial charge < -0.3 is 16.2 Å². The van der Waals surface area contributed by atoms with E-state index in [0.29, 0.717) is 5.69 Å². The SMILES string of the molecule is Cc1ccc(Br)cc1Nc1cccc(C(=O)O)c1N. The van der Waals surface area contributed by atoms with Gasteiger partial charge in [0.05, 0.1) is 16.9 Å². The lowest BCUT2D eigenvalue weighted by molar-refractivity contribution is 0.0698. The molecule has 0 saturated heterocycles. The number of anilines is 3. The Bertz CT molecular complexity index is 641. The van der Waals surface area contributed by atoms with Gasteiger partial charge in [0.15, 0.2) is 0 Å². The highest BCUT2D eigenvalue weighted by molar-refractivity contribution is 9.10. The molecule has 4 N–H and O–H groups in total. The van der Waals surface area contributed by atoms with Gasteiger partial charge in [0.25, 0.3) is 0 Å². The van der Waals surface area contributed by atoms with Gasteiger partial charge in [0, 0.05) is 10.2 Å². The molecule has 5 heteroatoms. The van der Waals surface area contributed by atoms with Crippen LogP contribution in [0.15, 0.2) is 40.9 Å². The fourth-order valence-corrected chi connectivity index (χ4v) is 2.10. The van der Waals surface area contributed by atoms with Crippen molar-refractivity contribution in [2.24, 2.45) is 0 Å². The highest BCUT2D eigenvalue weighted by Gasteiger charge is 2.11. The van der Waals surface area contributed by atoms with Crippen LogP contribution in [0.25, 0.3) is 0 Å². The molecule has 0 aliphatic rings. The number of carbonyl (C=O) groups is 1. The van der Waals surface area contributed by atoms with E-state index < -0.39 is 5.97 Å². The second kappa shape index (κ2) is 5.32. The first-order valence-corrected chi connectivity index (χ1v) is 6.43. The third kappa shape index (κ3) is 2.88. The molecule has 0 atom stereocenters. The Morgan fingerprint density at radius 3 is 2.68 bits per heavy atom. The van der Waals surface area contributed by atoms with Crippen LogP contribution in [0.1, 0.15) is 15.9 Å². The molecule has 4 nitrogen and oxygen atoms in total. The molecule has 2 aromatic rings. The molecule has 98 valence electrons. The molecule has 0 unspecified atom stereocenters. The Hall–Kier alpha value is -2.01. The number of hydrogen-bond donors (Lipinski definition) is 3. The molecule has 0 heterocycles. The summed E-state index contributed by atoms with van der Waals surface area (Å²) in [7, 11) is 0. The molecule has 0 aromatic heterocycles. The number of aryl methyl sites for hydroxylation is 1. The van der Waals surface area contributed by atoms with E-state index in [9.17, 15) is 4.79 Å². The molecule has 0 spiro atoms. The predicted molar refractivity (Wildman–Crippen MR) is 80.0 cm³/mol. The number of rotatable bonds is 3. The van der Waals surface area contributed by atoms with E-state index >= 15 is 0 Å². The van der Waals surface area contributed by atoms with Gasteiger partial charge in [-0.15, -0.1) is 0 Å². The Labute approximate surface area is 119 Å². The van der Waals surface area contributed by atoms with Crippen molar-refractivity contribution in [3.8, 4) is 0 Å². The van der Waals surface area contributed by atoms with E-state index in [2.05, 4.69) is 21.2 Å². The minimum atomic E-state index is -1.04. The van der Waals surface area contributed by atoms with Gasteiger partial charge in [-0.2, -0.15) is 0 Å². The second-order valence-electron chi connectivity index (χ2n) is 4.16. The molecule has 2 rings (SSSR count). The Morgan fingerprint density at radius 1 is 1.26 bits per heavy atom. The number of hydrogen-bond acceptors (Lipinski definition) is 3. The van der Waals surface area contributed by atoms with Gasteiger partial charge >= 0.3 is 5.97 Å². The number of carboxylic acid groups (broad SMARTS) is 1. The van der Waals surface area contributed by atoms with E-state index in [4.69, 9.17) is 10.8 Å². The van der Waals surface area contributed by atoms with E-state index in [0.717, 1.165) is 15.7 Å². The van der Waals surface area contributed by atoms with E-state index in [-0.39, 0.29) is 11.3 Å². The predicted octanol–water partition coefficient (Wildman–Crippen LogP) is 3.78. The van der Waals surface area contributed by atoms with Gasteiger partial charge in [-0.1, -0.05) is 28.1 Å². The van der Waals surface area contributed by atoms with Gasteiger partial charge in [0.2, 0.25) is 0 Å². The van der Waals surface area contributed by atoms with E-state index in [1.165, 1.54) is 6.07 Å². The number of nitrogen functional groups attached to an aromatic ring is 1. The summed E-state index contributed by atoms with van der Waals surface area (Å²) in [6, 6.07) is 10.7. The normalized spacial score (nSPS) is 10.2. The third-order valence-electron chi connectivity index (χ3n) is 2.81. The second-order valence-corrected chi connectivity index (χ2v) is 5.07. The van der Waals surface area contributed by atoms with Crippen LogP contribution < -0.4 is 11.1 Å². The number of aromatic carboxylic acids is 1. The van der Waals surface area contributed by atoms with Crippen molar-refractivity contribution in [3.63, 3.8) is 0 Å². The number of halogens is 1. The molecule has 0 fully saturated rings. The number of nitrogens with two attached hydrogens (primary N) is 1. The monoisotopic (exact) mass is 320 g/mol. The van der Waals surface area contributed by atoms with Gasteiger partial charge in [-0.3, -0.25) is 0 Å². The lowest BCUT2D eigenvalue weighted by atomic mass is 10.1. The van der Waals surface area contributed by atoms with Crippen LogP contribution in [-0.4, -0.2) is 11.1 Å². The maximum atomic E-state index is 11.0. The van der Waals surface area contributed by atoms with Crippen molar-refractivity contribution in [2.45, 2.75) is 6.92 Å². The highest BCUT2D eigenvalue weighted by Crippen LogP contribution is 2.29. The molecule has 0 saturated carbocycles. The fourth-order valence-electron chi connectivity index (χ4n) is 1.73. The molecule has 2 aromatic carbocycles. The first kappa shape index (κ1) is 13.4. The van der Waals surface area contributed by atoms with Gasteiger partial charge in [-0.05, 0) is 36.8 Å². The van der Waals surface area contributed by atoms with Gasteiger partial charge in [0.1, 0.15) is 0 Å². The highest BCUT2D eigenvalue weighted by atomic mass is 79.9. The van der Waals surface area contributed by atoms with Crippen molar-refractivity contribution >= 4 is 39.0 Å². The van der Waals surface area contributed by atoms with Crippen LogP contribution in [0.4, 0.5) is 17.1 Å². The quantitative estimate of drug-likeness (QED) is 0.752. The number of carboxylic acids is 1. The maximum Gasteiger partial charge on any atom is 0.337 e. The minimum absolute atomic E-state index is 0.0950. The summed E-state index contributed by atoms with van der Waals surface area (Å²) in [5.74, 6) is -1.04. The Balaban J connectivity index is 2.41. The summed E-state index contributed by atoms with van der Waals surface area (Å²) in [4.78, 5) is 11.0. The number of benzene rings is 2. The molecular formula is C14H13BrN2O2. The molecule has 0 bridgehead atoms. The average Bonchev–Trinajstić information content (AvgIpc) is 2.36. The van der Waals surface area contributed by atoms with Crippen molar-refractivity contribution in [2.75, 3.05) is 11.1 Å². The third-order valence-corrected chi connectivity index (χ3v) is 3.30. The van der Waals surface area contributed by atoms with E-state index in [1.54, 1.807) is 12.1 Å². The summed E-state index contributed by atoms with van der Waals surface area (Å²) in [5, 5.41) is 12.2. The topological polar surface area (TPSA) is 75.3 Å². The average molecular weight is 321 g/mol. The van der Waals surface area contributed by atoms with Gasteiger partial charge in [-0.25, -0.2) is 4.79 Å². The summed E-state index contributed by atoms with van der Waals surface area (Å²) in [5.41, 5.74) is 8.70. The van der Waals surface area contributed by atoms with E-state index in [1.807, 2.05) is 25.1 Å². The standard InChI is InChI=1S/C14H13BrN2O2/c1-8-5-6-9(15)7-12(8)17-11-4-2-3-10(13(11)16)14(18)19/h2-7,17H,16H2,1H3,(H,18,19). The number of para-hydroxylation sites is 1. The summed E-state index contributed by atoms with van der Waals surface area (Å²) in [6.45, 7) is 1.96. The van der Waals surface area contributed by atoms with Crippen LogP contribution >= 0.6 is 15.9 Å². The van der Waals surface area contributed by atoms with Crippen molar-refractivity contribution in [1.29, 1.82) is 0 Å². The Morgan fingerprint density at radius 2 is 2.00 bits per heavy atom. The zero-order chi connectivity index (χ0) is 14.0. The van der Waals surface area contributed by atoms with Crippen molar-refractivity contribution in [1.82, 2.24) is 0 Å². The molecule has 0 aliphatic heterocycles. The van der Waals surface area contributed by atoms with Crippen LogP contribution in [0.5, 0.6) is 0 Å². The first-order chi connectivity index (χ1) is 8.99. The largest absolute Gasteiger partial charge is 0.478 e. The molecule has 0 amide bonds. The molecule has 0 aliphatic carbocycles. The first-order valence-electron chi connectivity index (χ1n) is 5.64. The maximum absolute atomic E-state index is 11.0. The molecular weight excluding hydrogens is 308 g/mol. The molecule has 0 radical (unpaired) electrons. The van der Waals surface area contributed by atoms with Crippen LogP contribution in [0.3, 0.4) is 0 Å². The summed E-state index contributed by atoms with van der Waals surface area (Å²) in [6.07, 6.45) is 0. The smallest absolute Gasteiger partial charge is 0.337 e. The lowest BCUT2D eigenvalue weighted by Crippen LogP contribution is -2.05. The van der Waals surface area contributed by atoms with Crippen molar-refractivity contribution in [3.05, 3.63) is 52.0 Å². The van der Waals surface area contributed by atoms with Crippen LogP contribution in [0, 0.1) is 6.92 Å². The molecule has 19 heavy (non-hydrogen) atoms. The minimum Gasteiger partial charge on any atom is -0.478 e. The van der Waals surface area contributed by atoms with Crippen molar-refractivity contribution < 1.29 is 9.90 Å². The number of nitrogens with one attached hydrogen (secondary N) is 1. The summed E-state index contributed by atoms with van der Waals surface area (Å²) < 4.78 is 0.938. The lowest BCUT2D eigenvalue weighted by Gasteiger charge is -2.13. The van der Waals surface area contributed by atoms with Crippen LogP contribution in [-0.2, 0) is 0 Å². The zero-order valence-corrected chi connectivity index (χ0v) is 11.9. The zero-order valence-electron chi connectivity index (χ0n) is 10.3.